The van der Waals surface area contributed by atoms with Crippen molar-refractivity contribution >= 4 is 8.32 Å². The molecule has 0 radical (unpaired) electrons. The molecule has 17 heavy (non-hydrogen) atoms. The molecule has 0 saturated carbocycles. The zero-order valence-electron chi connectivity index (χ0n) is 11.0. The van der Waals surface area contributed by atoms with Gasteiger partial charge in [0.25, 0.3) is 0 Å². The third-order valence-electron chi connectivity index (χ3n) is 3.11. The van der Waals surface area contributed by atoms with Crippen LogP contribution in [0.15, 0.2) is 21.6 Å². The molecule has 0 aliphatic heterocycles. The third-order valence-corrected chi connectivity index (χ3v) is 7.31. The maximum atomic E-state index is 6.01. The van der Waals surface area contributed by atoms with E-state index in [4.69, 9.17) is 4.43 Å². The van der Waals surface area contributed by atoms with E-state index in [1.165, 1.54) is 6.42 Å². The quantitative estimate of drug-likeness (QED) is 0.520. The average Bonchev–Trinajstić information content (AvgIpc) is 2.53. The van der Waals surface area contributed by atoms with Crippen LogP contribution in [0.25, 0.3) is 0 Å². The van der Waals surface area contributed by atoms with Gasteiger partial charge in [0.05, 0.1) is 0 Å². The van der Waals surface area contributed by atoms with Gasteiger partial charge in [-0.1, -0.05) is 0 Å². The summed E-state index contributed by atoms with van der Waals surface area (Å²) in [6, 6.07) is 0. The number of hydrogen-bond acceptors (Lipinski definition) is 1. The Balaban J connectivity index is 0. The van der Waals surface area contributed by atoms with Crippen LogP contribution in [0.3, 0.4) is 0 Å². The molecule has 1 aliphatic rings. The molecule has 0 fully saturated rings. The van der Waals surface area contributed by atoms with Gasteiger partial charge in [0, 0.05) is 0 Å². The van der Waals surface area contributed by atoms with Gasteiger partial charge in [-0.15, -0.1) is 0 Å². The van der Waals surface area contributed by atoms with Crippen molar-refractivity contribution in [3.63, 3.8) is 0 Å². The first-order valence-corrected chi connectivity index (χ1v) is 9.54. The van der Waals surface area contributed by atoms with Crippen molar-refractivity contribution in [3.05, 3.63) is 21.6 Å². The number of allylic oxidation sites excluding steroid dienone is 4. The molecule has 97 valence electrons. The normalized spacial score (nSPS) is 16.6. The van der Waals surface area contributed by atoms with Crippen LogP contribution in [0.5, 0.6) is 0 Å². The Morgan fingerprint density at radius 2 is 1.94 bits per heavy atom. The Kier molecular flexibility index (Phi) is 10.7. The average molecular weight is 328 g/mol. The molecular formula is C12H21Cl2OSiTi. The molecule has 0 aromatic rings. The summed E-state index contributed by atoms with van der Waals surface area (Å²) in [5.74, 6) is 0. The molecule has 1 aliphatic carbocycles. The molecular weight excluding hydrogens is 307 g/mol. The van der Waals surface area contributed by atoms with E-state index < -0.39 is 8.32 Å². The monoisotopic (exact) mass is 327 g/mol. The summed E-state index contributed by atoms with van der Waals surface area (Å²) in [4.78, 5) is 0. The summed E-state index contributed by atoms with van der Waals surface area (Å²) < 4.78 is 7.56. The maximum absolute atomic E-state index is 6.01. The Morgan fingerprint density at radius 3 is 2.29 bits per heavy atom. The van der Waals surface area contributed by atoms with E-state index in [9.17, 15) is 0 Å². The van der Waals surface area contributed by atoms with E-state index in [-0.39, 0.29) is 24.8 Å². The van der Waals surface area contributed by atoms with Crippen molar-refractivity contribution in [1.29, 1.82) is 0 Å². The van der Waals surface area contributed by atoms with Gasteiger partial charge in [0.2, 0.25) is 0 Å². The third kappa shape index (κ3) is 5.22. The van der Waals surface area contributed by atoms with Gasteiger partial charge in [-0.2, -0.15) is 0 Å². The molecule has 5 heteroatoms. The number of halogens is 2. The summed E-state index contributed by atoms with van der Waals surface area (Å²) in [7, 11) is -1.55. The summed E-state index contributed by atoms with van der Waals surface area (Å²) in [6.45, 7) is 9.93. The van der Waals surface area contributed by atoms with E-state index in [1.807, 2.05) is 0 Å². The fourth-order valence-corrected chi connectivity index (χ4v) is 6.17. The second kappa shape index (κ2) is 8.95. The molecule has 0 bridgehead atoms. The van der Waals surface area contributed by atoms with Gasteiger partial charge in [-0.25, -0.2) is 0 Å². The SMILES string of the molecule is CCO[Si](C)(C)C(CC)C1=[C]([Ti+2])CC=C1.[Cl-].[Cl-]. The molecule has 1 unspecified atom stereocenters. The van der Waals surface area contributed by atoms with Gasteiger partial charge < -0.3 is 24.8 Å². The van der Waals surface area contributed by atoms with Crippen molar-refractivity contribution in [2.75, 3.05) is 6.61 Å². The Bertz CT molecular complexity index is 290. The van der Waals surface area contributed by atoms with Crippen molar-refractivity contribution in [2.45, 2.75) is 45.3 Å². The van der Waals surface area contributed by atoms with Gasteiger partial charge in [-0.05, 0) is 0 Å². The van der Waals surface area contributed by atoms with Crippen LogP contribution in [-0.4, -0.2) is 14.9 Å². The minimum absolute atomic E-state index is 0. The summed E-state index contributed by atoms with van der Waals surface area (Å²) in [5, 5.41) is 0. The summed E-state index contributed by atoms with van der Waals surface area (Å²) >= 11 is 2.26. The Morgan fingerprint density at radius 1 is 1.35 bits per heavy atom. The maximum Gasteiger partial charge on any atom is -1.00 e. The molecule has 0 amide bonds. The van der Waals surface area contributed by atoms with E-state index in [1.54, 1.807) is 9.45 Å². The molecule has 0 aromatic heterocycles. The molecule has 1 rings (SSSR count). The van der Waals surface area contributed by atoms with Crippen LogP contribution >= 0.6 is 0 Å². The first-order valence-electron chi connectivity index (χ1n) is 5.78. The second-order valence-electron chi connectivity index (χ2n) is 4.54. The van der Waals surface area contributed by atoms with Crippen LogP contribution in [0.4, 0.5) is 0 Å². The molecule has 0 N–H and O–H groups in total. The van der Waals surface area contributed by atoms with Crippen LogP contribution in [0.2, 0.25) is 18.6 Å². The predicted octanol–water partition coefficient (Wildman–Crippen LogP) is -2.22. The molecule has 1 atom stereocenters. The molecule has 0 spiro atoms. The van der Waals surface area contributed by atoms with Gasteiger partial charge in [-0.3, -0.25) is 0 Å². The second-order valence-corrected chi connectivity index (χ2v) is 9.67. The number of hydrogen-bond donors (Lipinski definition) is 0. The molecule has 1 nitrogen and oxygen atoms in total. The van der Waals surface area contributed by atoms with E-state index in [0.717, 1.165) is 13.0 Å². The van der Waals surface area contributed by atoms with E-state index in [2.05, 4.69) is 59.5 Å². The standard InChI is InChI=1S/C12H21OSi.2ClH.Ti/c1-5-12(11-9-7-8-10-11)14(3,4)13-6-2;;;/h7,9,12H,5-6,8H2,1-4H3;2*1H;/q;;;+2/p-2. The summed E-state index contributed by atoms with van der Waals surface area (Å²) in [5.41, 5.74) is 2.22. The van der Waals surface area contributed by atoms with Gasteiger partial charge in [0.15, 0.2) is 0 Å². The smallest absolute Gasteiger partial charge is 1.00 e. The molecule has 0 aromatic carbocycles. The molecule has 0 saturated heterocycles. The topological polar surface area (TPSA) is 9.23 Å². The number of rotatable bonds is 5. The zero-order valence-corrected chi connectivity index (χ0v) is 15.1. The van der Waals surface area contributed by atoms with Crippen molar-refractivity contribution < 1.29 is 49.7 Å². The Hall–Kier alpha value is 0.951. The van der Waals surface area contributed by atoms with Gasteiger partial charge in [0.1, 0.15) is 0 Å². The zero-order chi connectivity index (χ0) is 11.5. The first-order chi connectivity index (χ1) is 7.03. The fraction of sp³-hybridized carbons (Fsp3) is 0.667. The largest absolute Gasteiger partial charge is 1.00 e. The van der Waals surface area contributed by atoms with Crippen molar-refractivity contribution in [2.24, 2.45) is 0 Å². The Labute approximate surface area is 131 Å². The molecule has 0 heterocycles. The minimum atomic E-state index is -1.55. The van der Waals surface area contributed by atoms with E-state index >= 15 is 0 Å². The van der Waals surface area contributed by atoms with Gasteiger partial charge >= 0.3 is 107 Å². The predicted molar refractivity (Wildman–Crippen MR) is 63.9 cm³/mol. The van der Waals surface area contributed by atoms with Crippen LogP contribution in [0, 0.1) is 0 Å². The first kappa shape index (κ1) is 20.3. The van der Waals surface area contributed by atoms with Crippen molar-refractivity contribution in [1.82, 2.24) is 0 Å². The van der Waals surface area contributed by atoms with Crippen LogP contribution in [-0.2, 0) is 24.9 Å². The fourth-order valence-electron chi connectivity index (χ4n) is 2.41. The van der Waals surface area contributed by atoms with Crippen LogP contribution < -0.4 is 24.8 Å². The van der Waals surface area contributed by atoms with Crippen LogP contribution in [0.1, 0.15) is 26.7 Å². The minimum Gasteiger partial charge on any atom is -1.00 e. The van der Waals surface area contributed by atoms with E-state index in [0.29, 0.717) is 5.54 Å². The van der Waals surface area contributed by atoms with Crippen molar-refractivity contribution in [3.8, 4) is 0 Å². The summed E-state index contributed by atoms with van der Waals surface area (Å²) in [6.07, 6.45) is 6.94.